The molecule has 1 amide bonds. The summed E-state index contributed by atoms with van der Waals surface area (Å²) < 4.78 is 5.02. The van der Waals surface area contributed by atoms with Gasteiger partial charge < -0.3 is 10.1 Å². The third kappa shape index (κ3) is 5.06. The lowest BCUT2D eigenvalue weighted by Crippen LogP contribution is -2.29. The first-order valence-corrected chi connectivity index (χ1v) is 8.79. The number of aromatic nitrogens is 1. The molecule has 0 saturated heterocycles. The minimum atomic E-state index is -0.00837. The molecule has 1 aliphatic rings. The minimum absolute atomic E-state index is 0.00837. The normalized spacial score (nSPS) is 22.9. The van der Waals surface area contributed by atoms with Gasteiger partial charge in [-0.1, -0.05) is 25.5 Å². The number of hydrogen-bond acceptors (Lipinski definition) is 4. The molecule has 0 saturated carbocycles. The molecule has 0 radical (unpaired) electrons. The molecule has 2 rings (SSSR count). The maximum absolute atomic E-state index is 12.4. The summed E-state index contributed by atoms with van der Waals surface area (Å²) in [5, 5.41) is 12.0. The number of anilines is 1. The summed E-state index contributed by atoms with van der Waals surface area (Å²) in [6.45, 7) is 6.47. The van der Waals surface area contributed by atoms with Crippen molar-refractivity contribution in [2.75, 3.05) is 12.4 Å². The van der Waals surface area contributed by atoms with Crippen molar-refractivity contribution in [3.63, 3.8) is 0 Å². The topological polar surface area (TPSA) is 75.0 Å². The highest BCUT2D eigenvalue weighted by Crippen LogP contribution is 2.40. The van der Waals surface area contributed by atoms with Gasteiger partial charge in [0.1, 0.15) is 0 Å². The van der Waals surface area contributed by atoms with E-state index in [-0.39, 0.29) is 11.8 Å². The van der Waals surface area contributed by atoms with Gasteiger partial charge in [-0.25, -0.2) is 4.98 Å². The van der Waals surface area contributed by atoms with Crippen LogP contribution in [-0.4, -0.2) is 18.0 Å². The molecule has 3 atom stereocenters. The lowest BCUT2D eigenvalue weighted by atomic mass is 9.69. The molecule has 1 aliphatic carbocycles. The number of carbonyl (C=O) groups excluding carboxylic acids is 1. The van der Waals surface area contributed by atoms with Crippen molar-refractivity contribution >= 4 is 11.6 Å². The van der Waals surface area contributed by atoms with Gasteiger partial charge in [-0.15, -0.1) is 0 Å². The highest BCUT2D eigenvalue weighted by molar-refractivity contribution is 5.90. The van der Waals surface area contributed by atoms with E-state index in [0.717, 1.165) is 6.42 Å². The van der Waals surface area contributed by atoms with E-state index in [4.69, 9.17) is 10.00 Å². The molecule has 0 bridgehead atoms. The summed E-state index contributed by atoms with van der Waals surface area (Å²) in [5.74, 6) is 1.99. The van der Waals surface area contributed by atoms with Crippen LogP contribution in [0.4, 0.5) is 5.69 Å². The summed E-state index contributed by atoms with van der Waals surface area (Å²) in [6, 6.07) is 5.81. The Balaban J connectivity index is 2.01. The van der Waals surface area contributed by atoms with Gasteiger partial charge in [0.2, 0.25) is 11.8 Å². The van der Waals surface area contributed by atoms with Crippen molar-refractivity contribution in [3.8, 4) is 11.9 Å². The SMILES string of the molecule is COc1ccc(NC(=O)CC2CC(C(C)C)C(CC#N)C=C2C)cn1. The Morgan fingerprint density at radius 1 is 1.48 bits per heavy atom. The molecule has 0 aromatic carbocycles. The maximum Gasteiger partial charge on any atom is 0.225 e. The van der Waals surface area contributed by atoms with Crippen LogP contribution in [0.15, 0.2) is 30.0 Å². The molecule has 25 heavy (non-hydrogen) atoms. The molecule has 0 spiro atoms. The van der Waals surface area contributed by atoms with E-state index in [1.54, 1.807) is 25.4 Å². The van der Waals surface area contributed by atoms with E-state index >= 15 is 0 Å². The standard InChI is InChI=1S/C20H27N3O2/c1-13(2)18-10-16(14(3)9-15(18)7-8-21)11-19(24)23-17-5-6-20(25-4)22-12-17/h5-6,9,12-13,15-16,18H,7,10-11H2,1-4H3,(H,23,24). The smallest absolute Gasteiger partial charge is 0.225 e. The van der Waals surface area contributed by atoms with Crippen molar-refractivity contribution in [2.45, 2.75) is 40.0 Å². The summed E-state index contributed by atoms with van der Waals surface area (Å²) in [7, 11) is 1.56. The van der Waals surface area contributed by atoms with Crippen molar-refractivity contribution in [1.82, 2.24) is 4.98 Å². The zero-order valence-corrected chi connectivity index (χ0v) is 15.5. The van der Waals surface area contributed by atoms with Gasteiger partial charge in [0.15, 0.2) is 0 Å². The lowest BCUT2D eigenvalue weighted by Gasteiger charge is -2.36. The zero-order chi connectivity index (χ0) is 18.4. The van der Waals surface area contributed by atoms with E-state index in [0.29, 0.717) is 42.2 Å². The summed E-state index contributed by atoms with van der Waals surface area (Å²) in [6.07, 6.45) is 5.78. The number of rotatable bonds is 6. The molecule has 5 heteroatoms. The Labute approximate surface area is 150 Å². The van der Waals surface area contributed by atoms with E-state index in [9.17, 15) is 4.79 Å². The Morgan fingerprint density at radius 3 is 2.80 bits per heavy atom. The van der Waals surface area contributed by atoms with Crippen LogP contribution in [0.1, 0.15) is 40.0 Å². The number of nitrogens with zero attached hydrogens (tertiary/aromatic N) is 2. The van der Waals surface area contributed by atoms with Crippen molar-refractivity contribution < 1.29 is 9.53 Å². The van der Waals surface area contributed by atoms with Crippen molar-refractivity contribution in [2.24, 2.45) is 23.7 Å². The van der Waals surface area contributed by atoms with Crippen LogP contribution in [0.2, 0.25) is 0 Å². The van der Waals surface area contributed by atoms with Gasteiger partial charge in [-0.3, -0.25) is 4.79 Å². The van der Waals surface area contributed by atoms with Gasteiger partial charge >= 0.3 is 0 Å². The molecule has 3 unspecified atom stereocenters. The number of nitrogens with one attached hydrogen (secondary N) is 1. The van der Waals surface area contributed by atoms with E-state index in [1.165, 1.54) is 5.57 Å². The maximum atomic E-state index is 12.4. The number of carbonyl (C=O) groups is 1. The summed E-state index contributed by atoms with van der Waals surface area (Å²) in [4.78, 5) is 16.5. The Morgan fingerprint density at radius 2 is 2.24 bits per heavy atom. The van der Waals surface area contributed by atoms with Gasteiger partial charge in [0.25, 0.3) is 0 Å². The van der Waals surface area contributed by atoms with Gasteiger partial charge in [0.05, 0.1) is 25.1 Å². The quantitative estimate of drug-likeness (QED) is 0.787. The molecule has 0 aliphatic heterocycles. The van der Waals surface area contributed by atoms with E-state index in [2.05, 4.69) is 43.2 Å². The van der Waals surface area contributed by atoms with Crippen LogP contribution in [0.3, 0.4) is 0 Å². The molecule has 0 fully saturated rings. The molecule has 1 aromatic heterocycles. The molecule has 5 nitrogen and oxygen atoms in total. The number of ether oxygens (including phenoxy) is 1. The number of nitriles is 1. The van der Waals surface area contributed by atoms with Crippen LogP contribution < -0.4 is 10.1 Å². The second kappa shape index (κ2) is 8.66. The fourth-order valence-corrected chi connectivity index (χ4v) is 3.62. The molecular weight excluding hydrogens is 314 g/mol. The number of pyridine rings is 1. The minimum Gasteiger partial charge on any atom is -0.481 e. The van der Waals surface area contributed by atoms with E-state index < -0.39 is 0 Å². The molecule has 1 aromatic rings. The summed E-state index contributed by atoms with van der Waals surface area (Å²) >= 11 is 0. The predicted molar refractivity (Wildman–Crippen MR) is 97.9 cm³/mol. The van der Waals surface area contributed by atoms with Crippen LogP contribution in [0.5, 0.6) is 5.88 Å². The number of allylic oxidation sites excluding steroid dienone is 2. The number of amides is 1. The Kier molecular flexibility index (Phi) is 6.58. The molecule has 1 heterocycles. The molecule has 1 N–H and O–H groups in total. The van der Waals surface area contributed by atoms with Gasteiger partial charge in [0, 0.05) is 18.9 Å². The molecular formula is C20H27N3O2. The first kappa shape index (κ1) is 19.0. The van der Waals surface area contributed by atoms with E-state index in [1.807, 2.05) is 0 Å². The third-order valence-corrected chi connectivity index (χ3v) is 5.07. The predicted octanol–water partition coefficient (Wildman–Crippen LogP) is 4.19. The Hall–Kier alpha value is -2.35. The monoisotopic (exact) mass is 341 g/mol. The first-order valence-electron chi connectivity index (χ1n) is 8.79. The summed E-state index contributed by atoms with van der Waals surface area (Å²) in [5.41, 5.74) is 1.89. The second-order valence-electron chi connectivity index (χ2n) is 7.12. The van der Waals surface area contributed by atoms with Gasteiger partial charge in [-0.2, -0.15) is 5.26 Å². The van der Waals surface area contributed by atoms with Crippen LogP contribution in [-0.2, 0) is 4.79 Å². The first-order chi connectivity index (χ1) is 11.9. The highest BCUT2D eigenvalue weighted by Gasteiger charge is 2.32. The Bertz CT molecular complexity index is 659. The van der Waals surface area contributed by atoms with Crippen molar-refractivity contribution in [1.29, 1.82) is 5.26 Å². The average Bonchev–Trinajstić information content (AvgIpc) is 2.58. The van der Waals surface area contributed by atoms with Crippen molar-refractivity contribution in [3.05, 3.63) is 30.0 Å². The number of hydrogen-bond donors (Lipinski definition) is 1. The fourth-order valence-electron chi connectivity index (χ4n) is 3.62. The zero-order valence-electron chi connectivity index (χ0n) is 15.5. The van der Waals surface area contributed by atoms with Crippen LogP contribution in [0, 0.1) is 35.0 Å². The lowest BCUT2D eigenvalue weighted by molar-refractivity contribution is -0.117. The molecule has 134 valence electrons. The second-order valence-corrected chi connectivity index (χ2v) is 7.12. The van der Waals surface area contributed by atoms with Crippen LogP contribution in [0.25, 0.3) is 0 Å². The number of methoxy groups -OCH3 is 1. The van der Waals surface area contributed by atoms with Crippen LogP contribution >= 0.6 is 0 Å². The average molecular weight is 341 g/mol. The fraction of sp³-hybridized carbons (Fsp3) is 0.550. The van der Waals surface area contributed by atoms with Gasteiger partial charge in [-0.05, 0) is 43.1 Å². The highest BCUT2D eigenvalue weighted by atomic mass is 16.5. The largest absolute Gasteiger partial charge is 0.481 e. The third-order valence-electron chi connectivity index (χ3n) is 5.07.